The van der Waals surface area contributed by atoms with E-state index in [-0.39, 0.29) is 50.4 Å². The van der Waals surface area contributed by atoms with Crippen molar-refractivity contribution in [3.8, 4) is 0 Å². The molecule has 0 bridgehead atoms. The van der Waals surface area contributed by atoms with E-state index < -0.39 is 6.10 Å². The summed E-state index contributed by atoms with van der Waals surface area (Å²) in [6.45, 7) is 6.47. The van der Waals surface area contributed by atoms with Gasteiger partial charge in [-0.2, -0.15) is 0 Å². The first-order valence-corrected chi connectivity index (χ1v) is 26.7. The van der Waals surface area contributed by atoms with Crippen LogP contribution in [-0.2, 0) is 28.6 Å². The van der Waals surface area contributed by atoms with E-state index in [1.165, 1.54) is 128 Å². The number of allylic oxidation sites excluding steroid dienone is 16. The summed E-state index contributed by atoms with van der Waals surface area (Å²) in [5.41, 5.74) is 0. The summed E-state index contributed by atoms with van der Waals surface area (Å²) in [6, 6.07) is 0. The van der Waals surface area contributed by atoms with Crippen LogP contribution in [0.2, 0.25) is 0 Å². The Morgan fingerprint density at radius 1 is 0.308 bits per heavy atom. The van der Waals surface area contributed by atoms with Gasteiger partial charge in [0.15, 0.2) is 6.10 Å². The molecule has 0 amide bonds. The van der Waals surface area contributed by atoms with Gasteiger partial charge in [-0.15, -0.1) is 0 Å². The van der Waals surface area contributed by atoms with Crippen molar-refractivity contribution in [2.75, 3.05) is 13.2 Å². The highest BCUT2D eigenvalue weighted by atomic mass is 16.6. The van der Waals surface area contributed by atoms with Crippen LogP contribution in [-0.4, -0.2) is 37.2 Å². The van der Waals surface area contributed by atoms with Crippen LogP contribution in [0.25, 0.3) is 0 Å². The molecule has 65 heavy (non-hydrogen) atoms. The second kappa shape index (κ2) is 52.9. The molecule has 6 nitrogen and oxygen atoms in total. The monoisotopic (exact) mass is 903 g/mol. The molecule has 0 N–H and O–H groups in total. The summed E-state index contributed by atoms with van der Waals surface area (Å²) in [7, 11) is 0. The van der Waals surface area contributed by atoms with Crippen LogP contribution in [0.15, 0.2) is 97.2 Å². The summed E-state index contributed by atoms with van der Waals surface area (Å²) in [5.74, 6) is -1.11. The number of carbonyl (C=O) groups is 3. The van der Waals surface area contributed by atoms with Gasteiger partial charge in [0.1, 0.15) is 13.2 Å². The second-order valence-corrected chi connectivity index (χ2v) is 17.4. The van der Waals surface area contributed by atoms with Gasteiger partial charge in [0.2, 0.25) is 0 Å². The first-order chi connectivity index (χ1) is 32.0. The van der Waals surface area contributed by atoms with Crippen molar-refractivity contribution >= 4 is 17.9 Å². The summed E-state index contributed by atoms with van der Waals surface area (Å²) in [5, 5.41) is 0. The highest BCUT2D eigenvalue weighted by Gasteiger charge is 2.19. The van der Waals surface area contributed by atoms with Crippen LogP contribution in [0.4, 0.5) is 0 Å². The Kier molecular flexibility index (Phi) is 50.0. The Balaban J connectivity index is 4.60. The number of carbonyl (C=O) groups excluding carboxylic acids is 3. The van der Waals surface area contributed by atoms with Crippen molar-refractivity contribution in [3.05, 3.63) is 97.2 Å². The molecule has 0 aliphatic heterocycles. The molecule has 1 atom stereocenters. The zero-order valence-corrected chi connectivity index (χ0v) is 42.2. The average Bonchev–Trinajstić information content (AvgIpc) is 3.30. The lowest BCUT2D eigenvalue weighted by Gasteiger charge is -2.18. The first kappa shape index (κ1) is 61.3. The van der Waals surface area contributed by atoms with Crippen LogP contribution in [0.5, 0.6) is 0 Å². The molecule has 6 heteroatoms. The van der Waals surface area contributed by atoms with Gasteiger partial charge < -0.3 is 14.2 Å². The van der Waals surface area contributed by atoms with E-state index >= 15 is 0 Å². The van der Waals surface area contributed by atoms with Crippen LogP contribution in [0, 0.1) is 0 Å². The van der Waals surface area contributed by atoms with Crippen LogP contribution in [0.3, 0.4) is 0 Å². The Bertz CT molecular complexity index is 1310. The largest absolute Gasteiger partial charge is 0.462 e. The van der Waals surface area contributed by atoms with Crippen molar-refractivity contribution in [2.24, 2.45) is 0 Å². The van der Waals surface area contributed by atoms with Crippen molar-refractivity contribution in [1.82, 2.24) is 0 Å². The molecular weight excluding hydrogens is 805 g/mol. The number of ether oxygens (including phenoxy) is 3. The minimum Gasteiger partial charge on any atom is -0.462 e. The minimum absolute atomic E-state index is 0.142. The van der Waals surface area contributed by atoms with Gasteiger partial charge in [-0.1, -0.05) is 214 Å². The molecule has 0 saturated carbocycles. The van der Waals surface area contributed by atoms with Gasteiger partial charge in [0.05, 0.1) is 0 Å². The summed E-state index contributed by atoms with van der Waals surface area (Å²) < 4.78 is 16.6. The van der Waals surface area contributed by atoms with Crippen molar-refractivity contribution in [3.63, 3.8) is 0 Å². The molecule has 0 radical (unpaired) electrons. The lowest BCUT2D eigenvalue weighted by molar-refractivity contribution is -0.166. The number of esters is 3. The zero-order chi connectivity index (χ0) is 47.2. The average molecular weight is 903 g/mol. The van der Waals surface area contributed by atoms with Crippen LogP contribution in [0.1, 0.15) is 239 Å². The third-order valence-electron chi connectivity index (χ3n) is 11.0. The van der Waals surface area contributed by atoms with E-state index in [4.69, 9.17) is 14.2 Å². The van der Waals surface area contributed by atoms with Crippen molar-refractivity contribution in [2.45, 2.75) is 245 Å². The molecule has 0 saturated heterocycles. The quantitative estimate of drug-likeness (QED) is 0.0262. The van der Waals surface area contributed by atoms with Crippen molar-refractivity contribution in [1.29, 1.82) is 0 Å². The van der Waals surface area contributed by atoms with E-state index in [1.807, 2.05) is 6.08 Å². The van der Waals surface area contributed by atoms with E-state index in [0.717, 1.165) is 51.4 Å². The number of hydrogen-bond donors (Lipinski definition) is 0. The summed E-state index contributed by atoms with van der Waals surface area (Å²) >= 11 is 0. The molecule has 0 aromatic carbocycles. The lowest BCUT2D eigenvalue weighted by atomic mass is 10.1. The molecule has 0 aromatic heterocycles. The van der Waals surface area contributed by atoms with Gasteiger partial charge in [0.25, 0.3) is 0 Å². The highest BCUT2D eigenvalue weighted by molar-refractivity contribution is 5.71. The smallest absolute Gasteiger partial charge is 0.306 e. The fourth-order valence-corrected chi connectivity index (χ4v) is 7.00. The molecule has 0 fully saturated rings. The maximum Gasteiger partial charge on any atom is 0.306 e. The Labute approximate surface area is 400 Å². The Morgan fingerprint density at radius 2 is 0.585 bits per heavy atom. The number of hydrogen-bond acceptors (Lipinski definition) is 6. The maximum atomic E-state index is 12.8. The molecule has 0 aliphatic carbocycles. The molecule has 0 heterocycles. The lowest BCUT2D eigenvalue weighted by Crippen LogP contribution is -2.30. The Hall–Kier alpha value is -3.67. The zero-order valence-electron chi connectivity index (χ0n) is 42.2. The predicted octanol–water partition coefficient (Wildman–Crippen LogP) is 17.8. The fourth-order valence-electron chi connectivity index (χ4n) is 7.00. The predicted molar refractivity (Wildman–Crippen MR) is 279 cm³/mol. The Morgan fingerprint density at radius 3 is 0.954 bits per heavy atom. The van der Waals surface area contributed by atoms with E-state index in [1.54, 1.807) is 0 Å². The van der Waals surface area contributed by atoms with E-state index in [2.05, 4.69) is 112 Å². The van der Waals surface area contributed by atoms with Gasteiger partial charge in [-0.3, -0.25) is 14.4 Å². The van der Waals surface area contributed by atoms with Gasteiger partial charge in [-0.25, -0.2) is 0 Å². The van der Waals surface area contributed by atoms with Crippen LogP contribution < -0.4 is 0 Å². The second-order valence-electron chi connectivity index (χ2n) is 17.4. The summed E-state index contributed by atoms with van der Waals surface area (Å²) in [6.07, 6.45) is 69.9. The minimum atomic E-state index is -0.847. The van der Waals surface area contributed by atoms with E-state index in [9.17, 15) is 14.4 Å². The molecular formula is C59H98O6. The normalized spacial score (nSPS) is 12.8. The SMILES string of the molecule is CCCCCCCC/C=C/C/C=C/C/C=C/CCCC(=O)OCC(COC(=O)CC/C=C/C/C=C/CCCCCCCC)OC(=O)CCC/C=C/C/C=C/C/C=C/CCCCCCCC. The molecule has 370 valence electrons. The molecule has 1 unspecified atom stereocenters. The van der Waals surface area contributed by atoms with E-state index in [0.29, 0.717) is 19.3 Å². The van der Waals surface area contributed by atoms with Gasteiger partial charge in [-0.05, 0) is 103 Å². The number of unbranched alkanes of at least 4 members (excludes halogenated alkanes) is 20. The standard InChI is InChI=1S/C59H98O6/c1-4-7-10-13-16-19-22-25-27-29-31-34-37-40-43-46-49-52-58(61)64-55-56(54-63-57(60)51-48-45-42-39-36-33-24-21-18-15-12-9-6-3)65-59(62)53-50-47-44-41-38-35-32-30-28-26-23-20-17-14-11-8-5-2/h25-28,31-36,40-45,56H,4-24,29-30,37-39,46-55H2,1-3H3/b27-25+,28-26+,34-31+,35-32+,36-33+,43-40+,44-41+,45-42+. The van der Waals surface area contributed by atoms with Gasteiger partial charge >= 0.3 is 17.9 Å². The summed E-state index contributed by atoms with van der Waals surface area (Å²) in [4.78, 5) is 37.9. The molecule has 0 rings (SSSR count). The topological polar surface area (TPSA) is 78.9 Å². The number of rotatable bonds is 47. The first-order valence-electron chi connectivity index (χ1n) is 26.7. The molecule has 0 aliphatic rings. The molecule has 0 spiro atoms. The van der Waals surface area contributed by atoms with Crippen molar-refractivity contribution < 1.29 is 28.6 Å². The third kappa shape index (κ3) is 51.2. The highest BCUT2D eigenvalue weighted by Crippen LogP contribution is 2.11. The fraction of sp³-hybridized carbons (Fsp3) is 0.678. The maximum absolute atomic E-state index is 12.8. The third-order valence-corrected chi connectivity index (χ3v) is 11.0. The molecule has 0 aromatic rings. The van der Waals surface area contributed by atoms with Crippen LogP contribution >= 0.6 is 0 Å². The van der Waals surface area contributed by atoms with Gasteiger partial charge in [0, 0.05) is 19.3 Å².